The molecule has 0 nitrogen and oxygen atoms in total. The third-order valence-electron chi connectivity index (χ3n) is 1.57. The van der Waals surface area contributed by atoms with Crippen LogP contribution < -0.4 is 0 Å². The standard InChI is InChI=1S/C6H10S3/c1-3-6(2)4-8-5(7)9-6/h3-4H2,1-2H3. The number of thioether (sulfide) groups is 2. The van der Waals surface area contributed by atoms with Gasteiger partial charge >= 0.3 is 0 Å². The van der Waals surface area contributed by atoms with Crippen LogP contribution in [0.25, 0.3) is 0 Å². The molecule has 0 bridgehead atoms. The highest BCUT2D eigenvalue weighted by Gasteiger charge is 2.31. The molecule has 0 aromatic heterocycles. The number of rotatable bonds is 1. The minimum Gasteiger partial charge on any atom is -0.106 e. The fraction of sp³-hybridized carbons (Fsp3) is 0.833. The number of thiocarbonyl (C=S) groups is 1. The minimum atomic E-state index is 0.446. The summed E-state index contributed by atoms with van der Waals surface area (Å²) in [7, 11) is 0. The van der Waals surface area contributed by atoms with Crippen LogP contribution in [-0.2, 0) is 0 Å². The van der Waals surface area contributed by atoms with Crippen LogP contribution in [0.15, 0.2) is 0 Å². The fourth-order valence-electron chi connectivity index (χ4n) is 0.646. The Hall–Kier alpha value is 0.790. The lowest BCUT2D eigenvalue weighted by Gasteiger charge is -2.16. The van der Waals surface area contributed by atoms with E-state index in [4.69, 9.17) is 12.2 Å². The van der Waals surface area contributed by atoms with E-state index in [9.17, 15) is 0 Å². The molecule has 1 saturated heterocycles. The van der Waals surface area contributed by atoms with Crippen molar-refractivity contribution < 1.29 is 0 Å². The smallest absolute Gasteiger partial charge is 0.104 e. The van der Waals surface area contributed by atoms with Gasteiger partial charge in [-0.25, -0.2) is 0 Å². The zero-order valence-corrected chi connectivity index (χ0v) is 8.09. The molecule has 1 aliphatic heterocycles. The van der Waals surface area contributed by atoms with Gasteiger partial charge in [0.25, 0.3) is 0 Å². The third-order valence-corrected chi connectivity index (χ3v) is 5.07. The summed E-state index contributed by atoms with van der Waals surface area (Å²) < 4.78 is 1.57. The van der Waals surface area contributed by atoms with Crippen molar-refractivity contribution in [2.75, 3.05) is 5.75 Å². The normalized spacial score (nSPS) is 35.6. The van der Waals surface area contributed by atoms with Crippen molar-refractivity contribution in [2.45, 2.75) is 25.0 Å². The van der Waals surface area contributed by atoms with Crippen LogP contribution in [-0.4, -0.2) is 14.0 Å². The average molecular weight is 178 g/mol. The summed E-state index contributed by atoms with van der Waals surface area (Å²) in [6, 6.07) is 0. The van der Waals surface area contributed by atoms with Gasteiger partial charge in [-0.2, -0.15) is 0 Å². The van der Waals surface area contributed by atoms with Crippen molar-refractivity contribution in [3.05, 3.63) is 0 Å². The van der Waals surface area contributed by atoms with Gasteiger partial charge in [-0.3, -0.25) is 0 Å². The van der Waals surface area contributed by atoms with Crippen molar-refractivity contribution in [2.24, 2.45) is 0 Å². The lowest BCUT2D eigenvalue weighted by molar-refractivity contribution is 0.703. The van der Waals surface area contributed by atoms with Gasteiger partial charge in [0.05, 0.1) is 0 Å². The Bertz CT molecular complexity index is 132. The molecular weight excluding hydrogens is 168 g/mol. The molecule has 0 aliphatic carbocycles. The van der Waals surface area contributed by atoms with E-state index in [2.05, 4.69) is 13.8 Å². The lowest BCUT2D eigenvalue weighted by Crippen LogP contribution is -2.17. The van der Waals surface area contributed by atoms with Gasteiger partial charge in [-0.05, 0) is 13.3 Å². The highest BCUT2D eigenvalue weighted by molar-refractivity contribution is 8.49. The molecule has 52 valence electrons. The van der Waals surface area contributed by atoms with E-state index in [1.54, 1.807) is 0 Å². The first-order valence-corrected chi connectivity index (χ1v) is 5.23. The van der Waals surface area contributed by atoms with Crippen LogP contribution in [0.3, 0.4) is 0 Å². The molecule has 0 spiro atoms. The van der Waals surface area contributed by atoms with Crippen LogP contribution in [0, 0.1) is 0 Å². The summed E-state index contributed by atoms with van der Waals surface area (Å²) in [5, 5.41) is 0. The van der Waals surface area contributed by atoms with Gasteiger partial charge in [-0.1, -0.05) is 19.1 Å². The van der Waals surface area contributed by atoms with Gasteiger partial charge in [-0.15, -0.1) is 23.5 Å². The molecule has 1 rings (SSSR count). The third kappa shape index (κ3) is 1.85. The fourth-order valence-corrected chi connectivity index (χ4v) is 4.03. The molecule has 0 aromatic carbocycles. The van der Waals surface area contributed by atoms with Crippen LogP contribution in [0.1, 0.15) is 20.3 Å². The second-order valence-corrected chi connectivity index (χ2v) is 6.21. The van der Waals surface area contributed by atoms with Crippen molar-refractivity contribution in [1.29, 1.82) is 0 Å². The summed E-state index contributed by atoms with van der Waals surface area (Å²) in [6.07, 6.45) is 1.23. The van der Waals surface area contributed by atoms with Crippen LogP contribution >= 0.6 is 35.7 Å². The van der Waals surface area contributed by atoms with Gasteiger partial charge in [0.15, 0.2) is 0 Å². The Morgan fingerprint density at radius 3 is 2.67 bits per heavy atom. The molecule has 1 unspecified atom stereocenters. The quantitative estimate of drug-likeness (QED) is 0.567. The SMILES string of the molecule is CCC1(C)CSC(=S)S1. The summed E-state index contributed by atoms with van der Waals surface area (Å²) in [5.41, 5.74) is 0. The Balaban J connectivity index is 2.54. The molecule has 1 fully saturated rings. The summed E-state index contributed by atoms with van der Waals surface area (Å²) in [5.74, 6) is 1.20. The second kappa shape index (κ2) is 2.81. The van der Waals surface area contributed by atoms with E-state index in [0.717, 1.165) is 3.53 Å². The Kier molecular flexibility index (Phi) is 2.46. The Labute approximate surface area is 70.2 Å². The first-order valence-electron chi connectivity index (χ1n) is 3.02. The van der Waals surface area contributed by atoms with E-state index in [1.807, 2.05) is 23.5 Å². The molecule has 1 aliphatic rings. The van der Waals surface area contributed by atoms with Crippen molar-refractivity contribution >= 4 is 39.3 Å². The van der Waals surface area contributed by atoms with Crippen LogP contribution in [0.4, 0.5) is 0 Å². The highest BCUT2D eigenvalue weighted by Crippen LogP contribution is 2.43. The number of hydrogen-bond donors (Lipinski definition) is 0. The van der Waals surface area contributed by atoms with E-state index < -0.39 is 0 Å². The topological polar surface area (TPSA) is 0 Å². The van der Waals surface area contributed by atoms with Gasteiger partial charge < -0.3 is 0 Å². The first kappa shape index (κ1) is 7.89. The molecule has 0 aromatic rings. The Morgan fingerprint density at radius 2 is 2.44 bits per heavy atom. The predicted molar refractivity (Wildman–Crippen MR) is 51.3 cm³/mol. The van der Waals surface area contributed by atoms with Gasteiger partial charge in [0.1, 0.15) is 3.53 Å². The zero-order valence-electron chi connectivity index (χ0n) is 5.64. The molecule has 0 N–H and O–H groups in total. The summed E-state index contributed by atoms with van der Waals surface area (Å²) in [4.78, 5) is 0. The maximum absolute atomic E-state index is 5.06. The maximum Gasteiger partial charge on any atom is 0.104 e. The van der Waals surface area contributed by atoms with Crippen LogP contribution in [0.5, 0.6) is 0 Å². The van der Waals surface area contributed by atoms with Crippen molar-refractivity contribution in [1.82, 2.24) is 0 Å². The minimum absolute atomic E-state index is 0.446. The van der Waals surface area contributed by atoms with Crippen molar-refractivity contribution in [3.8, 4) is 0 Å². The summed E-state index contributed by atoms with van der Waals surface area (Å²) >= 11 is 8.75. The van der Waals surface area contributed by atoms with Gasteiger partial charge in [0, 0.05) is 10.5 Å². The summed E-state index contributed by atoms with van der Waals surface area (Å²) in [6.45, 7) is 4.51. The molecule has 1 heterocycles. The van der Waals surface area contributed by atoms with Gasteiger partial charge in [0.2, 0.25) is 0 Å². The lowest BCUT2D eigenvalue weighted by atomic mass is 10.1. The molecule has 9 heavy (non-hydrogen) atoms. The number of hydrogen-bond acceptors (Lipinski definition) is 3. The monoisotopic (exact) mass is 178 g/mol. The maximum atomic E-state index is 5.06. The molecule has 0 radical (unpaired) electrons. The molecule has 0 saturated carbocycles. The average Bonchev–Trinajstić information content (AvgIpc) is 2.13. The first-order chi connectivity index (χ1) is 4.16. The van der Waals surface area contributed by atoms with E-state index >= 15 is 0 Å². The van der Waals surface area contributed by atoms with Crippen LogP contribution in [0.2, 0.25) is 0 Å². The molecule has 0 amide bonds. The zero-order chi connectivity index (χ0) is 6.91. The Morgan fingerprint density at radius 1 is 1.78 bits per heavy atom. The molecule has 1 atom stereocenters. The molecular formula is C6H10S3. The predicted octanol–water partition coefficient (Wildman–Crippen LogP) is 2.92. The highest BCUT2D eigenvalue weighted by atomic mass is 32.2. The second-order valence-electron chi connectivity index (χ2n) is 2.44. The van der Waals surface area contributed by atoms with E-state index in [-0.39, 0.29) is 0 Å². The van der Waals surface area contributed by atoms with Crippen molar-refractivity contribution in [3.63, 3.8) is 0 Å². The van der Waals surface area contributed by atoms with E-state index in [1.165, 1.54) is 12.2 Å². The largest absolute Gasteiger partial charge is 0.106 e. The molecule has 3 heteroatoms. The van der Waals surface area contributed by atoms with E-state index in [0.29, 0.717) is 4.75 Å².